The van der Waals surface area contributed by atoms with Crippen LogP contribution in [-0.4, -0.2) is 36.4 Å². The molecule has 0 fully saturated rings. The Morgan fingerprint density at radius 3 is 2.84 bits per heavy atom. The van der Waals surface area contributed by atoms with Crippen molar-refractivity contribution in [1.82, 2.24) is 20.2 Å². The van der Waals surface area contributed by atoms with Gasteiger partial charge in [-0.3, -0.25) is 4.21 Å². The molecule has 2 unspecified atom stereocenters. The van der Waals surface area contributed by atoms with E-state index in [1.165, 1.54) is 0 Å². The van der Waals surface area contributed by atoms with Crippen LogP contribution in [0.25, 0.3) is 11.4 Å². The fourth-order valence-electron chi connectivity index (χ4n) is 1.83. The fraction of sp³-hybridized carbons (Fsp3) is 0.364. The Morgan fingerprint density at radius 1 is 1.47 bits per heavy atom. The maximum atomic E-state index is 11.3. The van der Waals surface area contributed by atoms with Gasteiger partial charge >= 0.3 is 0 Å². The van der Waals surface area contributed by atoms with Gasteiger partial charge in [-0.25, -0.2) is 4.68 Å². The summed E-state index contributed by atoms with van der Waals surface area (Å²) >= 11 is 5.98. The largest absolute Gasteiger partial charge is 0.399 e. The van der Waals surface area contributed by atoms with Gasteiger partial charge in [0.15, 0.2) is 5.82 Å². The van der Waals surface area contributed by atoms with E-state index in [2.05, 4.69) is 15.5 Å². The van der Waals surface area contributed by atoms with E-state index in [1.54, 1.807) is 29.1 Å². The molecule has 102 valence electrons. The maximum Gasteiger partial charge on any atom is 0.182 e. The average molecular weight is 300 g/mol. The number of benzene rings is 1. The normalized spacial score (nSPS) is 14.3. The van der Waals surface area contributed by atoms with E-state index in [1.807, 2.05) is 6.92 Å². The van der Waals surface area contributed by atoms with Crippen LogP contribution in [0.3, 0.4) is 0 Å². The summed E-state index contributed by atoms with van der Waals surface area (Å²) in [6.45, 7) is 1.91. The van der Waals surface area contributed by atoms with Crippen LogP contribution in [0.5, 0.6) is 0 Å². The van der Waals surface area contributed by atoms with Gasteiger partial charge in [0.2, 0.25) is 0 Å². The van der Waals surface area contributed by atoms with Crippen LogP contribution in [0.1, 0.15) is 13.0 Å². The minimum atomic E-state index is -0.921. The highest BCUT2D eigenvalue weighted by Gasteiger charge is 2.16. The third-order valence-corrected chi connectivity index (χ3v) is 3.73. The summed E-state index contributed by atoms with van der Waals surface area (Å²) in [6, 6.07) is 5.08. The Balaban J connectivity index is 2.41. The van der Waals surface area contributed by atoms with Gasteiger partial charge in [-0.15, -0.1) is 5.10 Å². The molecule has 1 aromatic carbocycles. The fourth-order valence-corrected chi connectivity index (χ4v) is 2.90. The summed E-state index contributed by atoms with van der Waals surface area (Å²) in [5, 5.41) is 12.1. The van der Waals surface area contributed by atoms with E-state index < -0.39 is 10.8 Å². The van der Waals surface area contributed by atoms with E-state index in [4.69, 9.17) is 17.3 Å². The first-order valence-corrected chi connectivity index (χ1v) is 7.72. The number of nitrogens with zero attached hydrogens (tertiary/aromatic N) is 4. The monoisotopic (exact) mass is 299 g/mol. The summed E-state index contributed by atoms with van der Waals surface area (Å²) < 4.78 is 12.9. The number of anilines is 1. The molecule has 19 heavy (non-hydrogen) atoms. The zero-order valence-corrected chi connectivity index (χ0v) is 12.1. The van der Waals surface area contributed by atoms with Gasteiger partial charge in [-0.2, -0.15) is 0 Å². The number of tetrazole rings is 1. The van der Waals surface area contributed by atoms with Crippen molar-refractivity contribution in [2.75, 3.05) is 17.7 Å². The summed E-state index contributed by atoms with van der Waals surface area (Å²) in [4.78, 5) is 0. The van der Waals surface area contributed by atoms with Crippen LogP contribution in [0.2, 0.25) is 5.02 Å². The number of nitrogen functional groups attached to an aromatic ring is 1. The molecule has 2 atom stereocenters. The van der Waals surface area contributed by atoms with Crippen LogP contribution in [0, 0.1) is 0 Å². The number of nitrogens with two attached hydrogens (primary N) is 1. The van der Waals surface area contributed by atoms with E-state index in [0.717, 1.165) is 5.56 Å². The highest BCUT2D eigenvalue weighted by atomic mass is 35.5. The van der Waals surface area contributed by atoms with Crippen molar-refractivity contribution in [1.29, 1.82) is 0 Å². The van der Waals surface area contributed by atoms with Crippen molar-refractivity contribution in [2.24, 2.45) is 0 Å². The molecule has 0 saturated heterocycles. The second-order valence-corrected chi connectivity index (χ2v) is 6.23. The Kier molecular flexibility index (Phi) is 4.16. The molecular formula is C11H14ClN5OS. The zero-order chi connectivity index (χ0) is 14.0. The Hall–Kier alpha value is -1.47. The molecule has 0 aliphatic rings. The van der Waals surface area contributed by atoms with Gasteiger partial charge in [0.1, 0.15) is 0 Å². The molecule has 2 N–H and O–H groups in total. The topological polar surface area (TPSA) is 86.7 Å². The van der Waals surface area contributed by atoms with Crippen LogP contribution in [-0.2, 0) is 10.8 Å². The first kappa shape index (κ1) is 14.0. The summed E-state index contributed by atoms with van der Waals surface area (Å²) in [7, 11) is -0.921. The lowest BCUT2D eigenvalue weighted by molar-refractivity contribution is 0.521. The first-order chi connectivity index (χ1) is 8.97. The first-order valence-electron chi connectivity index (χ1n) is 5.61. The summed E-state index contributed by atoms with van der Waals surface area (Å²) in [5.41, 5.74) is 7.05. The highest BCUT2D eigenvalue weighted by Crippen LogP contribution is 2.25. The summed E-state index contributed by atoms with van der Waals surface area (Å²) in [6.07, 6.45) is 1.65. The van der Waals surface area contributed by atoms with E-state index in [9.17, 15) is 4.21 Å². The molecule has 6 nitrogen and oxygen atoms in total. The van der Waals surface area contributed by atoms with Gasteiger partial charge in [0.05, 0.1) is 6.04 Å². The van der Waals surface area contributed by atoms with Crippen LogP contribution in [0.15, 0.2) is 18.2 Å². The predicted octanol–water partition coefficient (Wildman–Crippen LogP) is 1.52. The molecule has 2 rings (SSSR count). The number of aromatic nitrogens is 4. The third kappa shape index (κ3) is 3.30. The minimum Gasteiger partial charge on any atom is -0.399 e. The van der Waals surface area contributed by atoms with Crippen LogP contribution in [0.4, 0.5) is 5.69 Å². The molecular weight excluding hydrogens is 286 g/mol. The van der Waals surface area contributed by atoms with E-state index in [0.29, 0.717) is 22.3 Å². The lowest BCUT2D eigenvalue weighted by atomic mass is 10.2. The molecule has 0 aliphatic carbocycles. The number of rotatable bonds is 4. The number of halogens is 1. The van der Waals surface area contributed by atoms with Gasteiger partial charge in [-0.1, -0.05) is 11.6 Å². The van der Waals surface area contributed by atoms with Gasteiger partial charge in [0, 0.05) is 39.1 Å². The van der Waals surface area contributed by atoms with Gasteiger partial charge in [-0.05, 0) is 35.5 Å². The van der Waals surface area contributed by atoms with Crippen molar-refractivity contribution in [3.63, 3.8) is 0 Å². The van der Waals surface area contributed by atoms with Crippen LogP contribution < -0.4 is 5.73 Å². The molecule has 0 bridgehead atoms. The van der Waals surface area contributed by atoms with Gasteiger partial charge in [0.25, 0.3) is 0 Å². The molecule has 8 heteroatoms. The lowest BCUT2D eigenvalue weighted by Gasteiger charge is -2.12. The number of hydrogen-bond acceptors (Lipinski definition) is 5. The number of hydrogen-bond donors (Lipinski definition) is 1. The van der Waals surface area contributed by atoms with Crippen molar-refractivity contribution < 1.29 is 4.21 Å². The van der Waals surface area contributed by atoms with Crippen molar-refractivity contribution >= 4 is 28.1 Å². The molecule has 0 saturated carbocycles. The molecule has 2 aromatic rings. The lowest BCUT2D eigenvalue weighted by Crippen LogP contribution is -2.15. The molecule has 0 aliphatic heterocycles. The third-order valence-electron chi connectivity index (χ3n) is 2.56. The van der Waals surface area contributed by atoms with E-state index in [-0.39, 0.29) is 6.04 Å². The Morgan fingerprint density at radius 2 is 2.21 bits per heavy atom. The predicted molar refractivity (Wildman–Crippen MR) is 76.3 cm³/mol. The second-order valence-electron chi connectivity index (χ2n) is 4.31. The average Bonchev–Trinajstić information content (AvgIpc) is 2.75. The van der Waals surface area contributed by atoms with Gasteiger partial charge < -0.3 is 5.73 Å². The summed E-state index contributed by atoms with van der Waals surface area (Å²) in [5.74, 6) is 1.04. The Bertz CT molecular complexity index is 595. The molecule has 0 spiro atoms. The maximum absolute atomic E-state index is 11.3. The molecule has 1 aromatic heterocycles. The zero-order valence-electron chi connectivity index (χ0n) is 10.6. The smallest absolute Gasteiger partial charge is 0.182 e. The van der Waals surface area contributed by atoms with E-state index >= 15 is 0 Å². The standard InChI is InChI=1S/C11H14ClN5OS/c1-7(6-19(2)18)17-11(14-15-16-17)8-3-9(12)5-10(13)4-8/h3-5,7H,6,13H2,1-2H3. The molecule has 0 radical (unpaired) electrons. The van der Waals surface area contributed by atoms with Crippen LogP contribution >= 0.6 is 11.6 Å². The molecule has 0 amide bonds. The quantitative estimate of drug-likeness (QED) is 0.865. The van der Waals surface area contributed by atoms with Crippen molar-refractivity contribution in [2.45, 2.75) is 13.0 Å². The Labute approximate surface area is 118 Å². The van der Waals surface area contributed by atoms with Crippen molar-refractivity contribution in [3.05, 3.63) is 23.2 Å². The van der Waals surface area contributed by atoms with Crippen molar-refractivity contribution in [3.8, 4) is 11.4 Å². The minimum absolute atomic E-state index is 0.0731. The second kappa shape index (κ2) is 5.66. The molecule has 1 heterocycles. The highest BCUT2D eigenvalue weighted by molar-refractivity contribution is 7.84. The SMILES string of the molecule is CC(CS(C)=O)n1nnnc1-c1cc(N)cc(Cl)c1.